The van der Waals surface area contributed by atoms with Gasteiger partial charge in [0.25, 0.3) is 0 Å². The molecule has 0 spiro atoms. The van der Waals surface area contributed by atoms with Crippen LogP contribution in [0.5, 0.6) is 0 Å². The average molecular weight is 132 g/mol. The Labute approximate surface area is 55.3 Å². The second-order valence-electron chi connectivity index (χ2n) is 2.33. The van der Waals surface area contributed by atoms with E-state index in [2.05, 4.69) is 0 Å². The minimum absolute atomic E-state index is 0.277. The lowest BCUT2D eigenvalue weighted by Crippen LogP contribution is -2.28. The van der Waals surface area contributed by atoms with E-state index in [1.54, 1.807) is 13.8 Å². The molecule has 0 rings (SSSR count). The summed E-state index contributed by atoms with van der Waals surface area (Å²) in [6, 6.07) is 0. The molecule has 0 heterocycles. The van der Waals surface area contributed by atoms with Gasteiger partial charge in [-0.2, -0.15) is 0 Å². The molecule has 0 radical (unpaired) electrons. The number of hydrogen-bond donors (Lipinski definition) is 0. The summed E-state index contributed by atoms with van der Waals surface area (Å²) < 4.78 is 12.9. The molecule has 0 aromatic heterocycles. The Kier molecular flexibility index (Phi) is 2.82. The van der Waals surface area contributed by atoms with Crippen LogP contribution in [0, 0.1) is 0 Å². The number of Topliss-reactive ketones (excluding diaryl/α,β-unsaturated/α-hetero) is 1. The van der Waals surface area contributed by atoms with Gasteiger partial charge in [0.05, 0.1) is 0 Å². The molecular formula is C7H13FO. The quantitative estimate of drug-likeness (QED) is 0.574. The molecule has 0 aromatic rings. The van der Waals surface area contributed by atoms with Crippen molar-refractivity contribution in [1.29, 1.82) is 0 Å². The van der Waals surface area contributed by atoms with Crippen molar-refractivity contribution in [3.05, 3.63) is 0 Å². The van der Waals surface area contributed by atoms with Crippen LogP contribution in [-0.4, -0.2) is 11.5 Å². The van der Waals surface area contributed by atoms with Gasteiger partial charge in [-0.1, -0.05) is 13.8 Å². The molecule has 54 valence electrons. The van der Waals surface area contributed by atoms with Crippen LogP contribution in [0.25, 0.3) is 0 Å². The fourth-order valence-corrected chi connectivity index (χ4v) is 0.566. The molecule has 1 atom stereocenters. The van der Waals surface area contributed by atoms with Gasteiger partial charge in [-0.3, -0.25) is 4.79 Å². The lowest BCUT2D eigenvalue weighted by Gasteiger charge is -2.14. The van der Waals surface area contributed by atoms with E-state index in [9.17, 15) is 9.18 Å². The van der Waals surface area contributed by atoms with Crippen LogP contribution in [0.2, 0.25) is 0 Å². The molecule has 0 saturated carbocycles. The van der Waals surface area contributed by atoms with Crippen LogP contribution in [0.15, 0.2) is 0 Å². The van der Waals surface area contributed by atoms with Crippen molar-refractivity contribution in [3.8, 4) is 0 Å². The fraction of sp³-hybridized carbons (Fsp3) is 0.857. The van der Waals surface area contributed by atoms with Crippen LogP contribution >= 0.6 is 0 Å². The predicted molar refractivity (Wildman–Crippen MR) is 35.1 cm³/mol. The van der Waals surface area contributed by atoms with E-state index < -0.39 is 5.67 Å². The maximum Gasteiger partial charge on any atom is 0.169 e. The Morgan fingerprint density at radius 1 is 1.56 bits per heavy atom. The van der Waals surface area contributed by atoms with E-state index >= 15 is 0 Å². The standard InChI is InChI=1S/C7H13FO/c1-4-6(9)7(3,8)5-2/h4-5H2,1-3H3. The topological polar surface area (TPSA) is 17.1 Å². The van der Waals surface area contributed by atoms with E-state index in [-0.39, 0.29) is 12.2 Å². The van der Waals surface area contributed by atoms with E-state index in [0.717, 1.165) is 0 Å². The summed E-state index contributed by atoms with van der Waals surface area (Å²) in [6.07, 6.45) is 0.570. The summed E-state index contributed by atoms with van der Waals surface area (Å²) in [5.74, 6) is -0.301. The molecule has 0 aromatic carbocycles. The second kappa shape index (κ2) is 2.95. The van der Waals surface area contributed by atoms with Crippen molar-refractivity contribution in [1.82, 2.24) is 0 Å². The highest BCUT2D eigenvalue weighted by Crippen LogP contribution is 2.17. The minimum atomic E-state index is -1.59. The maximum absolute atomic E-state index is 12.9. The van der Waals surface area contributed by atoms with Crippen molar-refractivity contribution < 1.29 is 9.18 Å². The smallest absolute Gasteiger partial charge is 0.169 e. The number of alkyl halides is 1. The first-order chi connectivity index (χ1) is 4.04. The lowest BCUT2D eigenvalue weighted by atomic mass is 9.98. The molecule has 1 nitrogen and oxygen atoms in total. The second-order valence-corrected chi connectivity index (χ2v) is 2.33. The number of carbonyl (C=O) groups excluding carboxylic acids is 1. The van der Waals surface area contributed by atoms with Crippen LogP contribution < -0.4 is 0 Å². The van der Waals surface area contributed by atoms with Gasteiger partial charge in [0.1, 0.15) is 0 Å². The van der Waals surface area contributed by atoms with Gasteiger partial charge < -0.3 is 0 Å². The number of rotatable bonds is 3. The van der Waals surface area contributed by atoms with Gasteiger partial charge in [-0.15, -0.1) is 0 Å². The van der Waals surface area contributed by atoms with Crippen LogP contribution in [0.1, 0.15) is 33.6 Å². The van der Waals surface area contributed by atoms with Gasteiger partial charge in [0, 0.05) is 6.42 Å². The molecule has 9 heavy (non-hydrogen) atoms. The van der Waals surface area contributed by atoms with Crippen molar-refractivity contribution in [2.45, 2.75) is 39.3 Å². The fourth-order valence-electron chi connectivity index (χ4n) is 0.566. The number of hydrogen-bond acceptors (Lipinski definition) is 1. The molecular weight excluding hydrogens is 119 g/mol. The average Bonchev–Trinajstić information content (AvgIpc) is 1.86. The molecule has 0 aliphatic carbocycles. The third kappa shape index (κ3) is 2.12. The highest BCUT2D eigenvalue weighted by molar-refractivity contribution is 5.86. The third-order valence-electron chi connectivity index (χ3n) is 1.57. The Bertz CT molecular complexity index is 107. The van der Waals surface area contributed by atoms with Gasteiger partial charge in [-0.25, -0.2) is 4.39 Å². The van der Waals surface area contributed by atoms with Gasteiger partial charge in [0.15, 0.2) is 11.5 Å². The molecule has 0 amide bonds. The normalized spacial score (nSPS) is 16.9. The summed E-state index contributed by atoms with van der Waals surface area (Å²) in [7, 11) is 0. The maximum atomic E-state index is 12.9. The summed E-state index contributed by atoms with van der Waals surface area (Å²) in [5, 5.41) is 0. The SMILES string of the molecule is CCC(=O)C(C)(F)CC. The van der Waals surface area contributed by atoms with Crippen LogP contribution in [-0.2, 0) is 4.79 Å². The van der Waals surface area contributed by atoms with E-state index in [1.165, 1.54) is 6.92 Å². The number of ketones is 1. The van der Waals surface area contributed by atoms with Crippen LogP contribution in [0.3, 0.4) is 0 Å². The number of halogens is 1. The molecule has 0 fully saturated rings. The van der Waals surface area contributed by atoms with Gasteiger partial charge in [0.2, 0.25) is 0 Å². The minimum Gasteiger partial charge on any atom is -0.296 e. The van der Waals surface area contributed by atoms with E-state index in [1.807, 2.05) is 0 Å². The molecule has 0 saturated heterocycles. The van der Waals surface area contributed by atoms with Gasteiger partial charge >= 0.3 is 0 Å². The lowest BCUT2D eigenvalue weighted by molar-refractivity contribution is -0.129. The first kappa shape index (κ1) is 8.60. The van der Waals surface area contributed by atoms with Crippen molar-refractivity contribution in [2.24, 2.45) is 0 Å². The van der Waals surface area contributed by atoms with E-state index in [0.29, 0.717) is 6.42 Å². The summed E-state index contributed by atoms with van der Waals surface area (Å²) in [6.45, 7) is 4.68. The summed E-state index contributed by atoms with van der Waals surface area (Å²) >= 11 is 0. The van der Waals surface area contributed by atoms with Crippen molar-refractivity contribution in [3.63, 3.8) is 0 Å². The van der Waals surface area contributed by atoms with E-state index in [4.69, 9.17) is 0 Å². The predicted octanol–water partition coefficient (Wildman–Crippen LogP) is 2.10. The van der Waals surface area contributed by atoms with Crippen molar-refractivity contribution >= 4 is 5.78 Å². The Morgan fingerprint density at radius 2 is 2.00 bits per heavy atom. The third-order valence-corrected chi connectivity index (χ3v) is 1.57. The zero-order chi connectivity index (χ0) is 7.49. The summed E-state index contributed by atoms with van der Waals surface area (Å²) in [5.41, 5.74) is -1.59. The molecule has 2 heteroatoms. The zero-order valence-corrected chi connectivity index (χ0v) is 6.20. The van der Waals surface area contributed by atoms with Crippen LogP contribution in [0.4, 0.5) is 4.39 Å². The molecule has 0 bridgehead atoms. The largest absolute Gasteiger partial charge is 0.296 e. The summed E-state index contributed by atoms with van der Waals surface area (Å²) in [4.78, 5) is 10.7. The molecule has 0 aliphatic heterocycles. The zero-order valence-electron chi connectivity index (χ0n) is 6.20. The Morgan fingerprint density at radius 3 is 2.11 bits per heavy atom. The Hall–Kier alpha value is -0.400. The Balaban J connectivity index is 3.97. The van der Waals surface area contributed by atoms with Gasteiger partial charge in [-0.05, 0) is 13.3 Å². The number of carbonyl (C=O) groups is 1. The first-order valence-electron chi connectivity index (χ1n) is 3.26. The first-order valence-corrected chi connectivity index (χ1v) is 3.26. The molecule has 0 aliphatic rings. The monoisotopic (exact) mass is 132 g/mol. The van der Waals surface area contributed by atoms with Crippen molar-refractivity contribution in [2.75, 3.05) is 0 Å². The highest BCUT2D eigenvalue weighted by atomic mass is 19.1. The molecule has 1 unspecified atom stereocenters. The molecule has 0 N–H and O–H groups in total. The highest BCUT2D eigenvalue weighted by Gasteiger charge is 2.28.